The van der Waals surface area contributed by atoms with Gasteiger partial charge in [-0.05, 0) is 30.9 Å². The zero-order valence-corrected chi connectivity index (χ0v) is 11.2. The Morgan fingerprint density at radius 3 is 2.72 bits per heavy atom. The van der Waals surface area contributed by atoms with E-state index in [0.717, 1.165) is 26.1 Å². The maximum atomic E-state index is 5.35. The van der Waals surface area contributed by atoms with E-state index < -0.39 is 0 Å². The number of piperidine rings is 1. The first-order valence-corrected chi connectivity index (χ1v) is 6.83. The van der Waals surface area contributed by atoms with Crippen molar-refractivity contribution in [2.24, 2.45) is 0 Å². The average Bonchev–Trinajstić information content (AvgIpc) is 2.42. The molecule has 0 aromatic heterocycles. The Morgan fingerprint density at radius 2 is 2.06 bits per heavy atom. The van der Waals surface area contributed by atoms with Gasteiger partial charge in [0, 0.05) is 24.8 Å². The van der Waals surface area contributed by atoms with Gasteiger partial charge < -0.3 is 5.32 Å². The van der Waals surface area contributed by atoms with Gasteiger partial charge in [-0.2, -0.15) is 0 Å². The number of nitrogens with zero attached hydrogens (tertiary/aromatic N) is 1. The highest BCUT2D eigenvalue weighted by Crippen LogP contribution is 2.20. The molecule has 0 unspecified atom stereocenters. The Bertz CT molecular complexity index is 411. The lowest BCUT2D eigenvalue weighted by Crippen LogP contribution is -2.39. The minimum Gasteiger partial charge on any atom is -0.382 e. The Balaban J connectivity index is 1.90. The summed E-state index contributed by atoms with van der Waals surface area (Å²) in [4.78, 5) is 2.35. The summed E-state index contributed by atoms with van der Waals surface area (Å²) in [7, 11) is 0. The van der Waals surface area contributed by atoms with Crippen LogP contribution in [0.15, 0.2) is 24.3 Å². The molecule has 96 valence electrons. The van der Waals surface area contributed by atoms with Crippen LogP contribution in [0, 0.1) is 12.3 Å². The van der Waals surface area contributed by atoms with Crippen molar-refractivity contribution in [3.8, 4) is 12.3 Å². The number of anilines is 1. The second-order valence-electron chi connectivity index (χ2n) is 4.91. The van der Waals surface area contributed by atoms with Crippen LogP contribution in [0.1, 0.15) is 25.3 Å². The van der Waals surface area contributed by atoms with E-state index >= 15 is 0 Å². The van der Waals surface area contributed by atoms with Gasteiger partial charge in [0.15, 0.2) is 0 Å². The Labute approximate surface area is 110 Å². The zero-order chi connectivity index (χ0) is 12.8. The lowest BCUT2D eigenvalue weighted by molar-refractivity contribution is 0.243. The van der Waals surface area contributed by atoms with E-state index in [-0.39, 0.29) is 0 Å². The molecule has 0 aliphatic carbocycles. The van der Waals surface area contributed by atoms with Gasteiger partial charge in [-0.1, -0.05) is 31.0 Å². The van der Waals surface area contributed by atoms with Crippen molar-refractivity contribution >= 4 is 5.69 Å². The van der Waals surface area contributed by atoms with Crippen LogP contribution in [0.3, 0.4) is 0 Å². The molecule has 0 saturated carbocycles. The Kier molecular flexibility index (Phi) is 4.66. The highest BCUT2D eigenvalue weighted by molar-refractivity contribution is 5.51. The molecular weight excluding hydrogens is 220 g/mol. The van der Waals surface area contributed by atoms with Crippen LogP contribution in [-0.2, 0) is 6.42 Å². The van der Waals surface area contributed by atoms with Crippen molar-refractivity contribution in [1.29, 1.82) is 0 Å². The molecule has 2 heteroatoms. The normalized spacial score (nSPS) is 17.3. The summed E-state index contributed by atoms with van der Waals surface area (Å²) in [6, 6.07) is 9.20. The van der Waals surface area contributed by atoms with Gasteiger partial charge in [-0.25, -0.2) is 0 Å². The summed E-state index contributed by atoms with van der Waals surface area (Å²) in [5, 5.41) is 3.68. The molecule has 1 aliphatic rings. The highest BCUT2D eigenvalue weighted by atomic mass is 15.1. The van der Waals surface area contributed by atoms with Crippen LogP contribution in [0.5, 0.6) is 0 Å². The van der Waals surface area contributed by atoms with Gasteiger partial charge in [-0.15, -0.1) is 6.42 Å². The van der Waals surface area contributed by atoms with Gasteiger partial charge >= 0.3 is 0 Å². The van der Waals surface area contributed by atoms with Crippen LogP contribution in [-0.4, -0.2) is 30.6 Å². The maximum absolute atomic E-state index is 5.35. The minimum atomic E-state index is 0.590. The van der Waals surface area contributed by atoms with Gasteiger partial charge in [0.1, 0.15) is 0 Å². The summed E-state index contributed by atoms with van der Waals surface area (Å²) in [6.45, 7) is 5.21. The van der Waals surface area contributed by atoms with E-state index in [1.165, 1.54) is 24.1 Å². The van der Waals surface area contributed by atoms with Crippen LogP contribution < -0.4 is 5.32 Å². The first-order valence-electron chi connectivity index (χ1n) is 6.83. The molecule has 2 rings (SSSR count). The van der Waals surface area contributed by atoms with Crippen LogP contribution >= 0.6 is 0 Å². The van der Waals surface area contributed by atoms with Crippen molar-refractivity contribution in [1.82, 2.24) is 4.90 Å². The number of hydrogen-bond acceptors (Lipinski definition) is 2. The molecule has 0 radical (unpaired) electrons. The van der Waals surface area contributed by atoms with Crippen molar-refractivity contribution in [3.05, 3.63) is 29.8 Å². The summed E-state index contributed by atoms with van der Waals surface area (Å²) in [5.74, 6) is 2.73. The molecule has 1 aromatic rings. The van der Waals surface area contributed by atoms with Crippen molar-refractivity contribution in [2.75, 3.05) is 25.0 Å². The fourth-order valence-electron chi connectivity index (χ4n) is 2.55. The number of likely N-dealkylation sites (tertiary alicyclic amines) is 1. The first kappa shape index (κ1) is 13.0. The molecule has 1 aliphatic heterocycles. The molecule has 1 saturated heterocycles. The third-order valence-electron chi connectivity index (χ3n) is 3.66. The quantitative estimate of drug-likeness (QED) is 0.817. The molecule has 0 atom stereocenters. The van der Waals surface area contributed by atoms with E-state index in [0.29, 0.717) is 6.04 Å². The fourth-order valence-corrected chi connectivity index (χ4v) is 2.55. The van der Waals surface area contributed by atoms with E-state index in [1.54, 1.807) is 0 Å². The molecule has 1 N–H and O–H groups in total. The summed E-state index contributed by atoms with van der Waals surface area (Å²) < 4.78 is 0. The predicted octanol–water partition coefficient (Wildman–Crippen LogP) is 2.76. The number of nitrogens with one attached hydrogen (secondary N) is 1. The number of terminal acetylenes is 1. The highest BCUT2D eigenvalue weighted by Gasteiger charge is 2.18. The second kappa shape index (κ2) is 6.47. The Morgan fingerprint density at radius 1 is 1.33 bits per heavy atom. The largest absolute Gasteiger partial charge is 0.382 e. The smallest absolute Gasteiger partial charge is 0.0598 e. The second-order valence-corrected chi connectivity index (χ2v) is 4.91. The molecule has 1 aromatic carbocycles. The molecule has 1 fully saturated rings. The average molecular weight is 242 g/mol. The van der Waals surface area contributed by atoms with E-state index in [4.69, 9.17) is 6.42 Å². The molecule has 0 amide bonds. The molecule has 2 nitrogen and oxygen atoms in total. The molecule has 1 heterocycles. The summed E-state index contributed by atoms with van der Waals surface area (Å²) in [6.07, 6.45) is 8.79. The van der Waals surface area contributed by atoms with Crippen LogP contribution in [0.4, 0.5) is 5.69 Å². The maximum Gasteiger partial charge on any atom is 0.0598 e. The fraction of sp³-hybridized carbons (Fsp3) is 0.500. The van der Waals surface area contributed by atoms with E-state index in [2.05, 4.69) is 47.3 Å². The van der Waals surface area contributed by atoms with Crippen molar-refractivity contribution in [3.63, 3.8) is 0 Å². The SMILES string of the molecule is C#CCN1CCC(Nc2ccccc2CC)CC1. The van der Waals surface area contributed by atoms with E-state index in [9.17, 15) is 0 Å². The summed E-state index contributed by atoms with van der Waals surface area (Å²) >= 11 is 0. The van der Waals surface area contributed by atoms with Crippen molar-refractivity contribution in [2.45, 2.75) is 32.2 Å². The first-order chi connectivity index (χ1) is 8.83. The molecule has 18 heavy (non-hydrogen) atoms. The predicted molar refractivity (Wildman–Crippen MR) is 77.7 cm³/mol. The topological polar surface area (TPSA) is 15.3 Å². The van der Waals surface area contributed by atoms with Gasteiger partial charge in [0.05, 0.1) is 6.54 Å². The molecule has 0 bridgehead atoms. The minimum absolute atomic E-state index is 0.590. The number of aryl methyl sites for hydroxylation is 1. The van der Waals surface area contributed by atoms with Crippen molar-refractivity contribution < 1.29 is 0 Å². The number of rotatable bonds is 4. The molecular formula is C16H22N2. The summed E-state index contributed by atoms with van der Waals surface area (Å²) in [5.41, 5.74) is 2.71. The molecule has 0 spiro atoms. The standard InChI is InChI=1S/C16H22N2/c1-3-11-18-12-9-15(10-13-18)17-16-8-6-5-7-14(16)4-2/h1,5-8,15,17H,4,9-13H2,2H3. The van der Waals surface area contributed by atoms with Gasteiger partial charge in [0.2, 0.25) is 0 Å². The van der Waals surface area contributed by atoms with Gasteiger partial charge in [-0.3, -0.25) is 4.90 Å². The Hall–Kier alpha value is -1.46. The lowest BCUT2D eigenvalue weighted by Gasteiger charge is -2.32. The zero-order valence-electron chi connectivity index (χ0n) is 11.2. The lowest BCUT2D eigenvalue weighted by atomic mass is 10.0. The van der Waals surface area contributed by atoms with Crippen LogP contribution in [0.25, 0.3) is 0 Å². The van der Waals surface area contributed by atoms with E-state index in [1.807, 2.05) is 0 Å². The number of hydrogen-bond donors (Lipinski definition) is 1. The third kappa shape index (κ3) is 3.27. The monoisotopic (exact) mass is 242 g/mol. The van der Waals surface area contributed by atoms with Gasteiger partial charge in [0.25, 0.3) is 0 Å². The van der Waals surface area contributed by atoms with Crippen LogP contribution in [0.2, 0.25) is 0 Å². The number of benzene rings is 1. The number of para-hydroxylation sites is 1. The third-order valence-corrected chi connectivity index (χ3v) is 3.66.